The van der Waals surface area contributed by atoms with Gasteiger partial charge in [-0.3, -0.25) is 4.79 Å². The highest BCUT2D eigenvalue weighted by Gasteiger charge is 2.20. The number of rotatable bonds is 4. The Hall–Kier alpha value is -1.30. The first kappa shape index (κ1) is 12.2. The Balaban J connectivity index is 2.60. The second-order valence-corrected chi connectivity index (χ2v) is 4.19. The molecular weight excluding hydrogens is 238 g/mol. The van der Waals surface area contributed by atoms with Crippen molar-refractivity contribution in [2.75, 3.05) is 5.75 Å². The normalized spacial score (nSPS) is 14.8. The van der Waals surface area contributed by atoms with Crippen LogP contribution >= 0.6 is 12.6 Å². The number of aldehydes is 1. The number of carbonyl (C=O) groups is 1. The number of benzene rings is 1. The third kappa shape index (κ3) is 2.09. The molecule has 4 nitrogen and oxygen atoms in total. The summed E-state index contributed by atoms with van der Waals surface area (Å²) in [5, 5.41) is 20.3. The predicted octanol–water partition coefficient (Wildman–Crippen LogP) is 1.30. The van der Waals surface area contributed by atoms with Crippen LogP contribution in [0.3, 0.4) is 0 Å². The highest BCUT2D eigenvalue weighted by molar-refractivity contribution is 7.80. The minimum absolute atomic E-state index is 0.151. The summed E-state index contributed by atoms with van der Waals surface area (Å²) in [5.41, 5.74) is 1.77. The van der Waals surface area contributed by atoms with Crippen molar-refractivity contribution in [3.05, 3.63) is 35.5 Å². The number of aliphatic hydroxyl groups excluding tert-OH is 2. The molecule has 0 aliphatic rings. The Labute approximate surface area is 104 Å². The van der Waals surface area contributed by atoms with Crippen LogP contribution in [0.15, 0.2) is 24.4 Å². The lowest BCUT2D eigenvalue weighted by Crippen LogP contribution is -2.20. The minimum Gasteiger partial charge on any atom is -0.389 e. The molecule has 0 spiro atoms. The SMILES string of the molecule is O=Cc1c[nH]c2cccc(C(O)C(O)CS)c12. The Morgan fingerprint density at radius 2 is 2.18 bits per heavy atom. The maximum absolute atomic E-state index is 10.9. The van der Waals surface area contributed by atoms with Crippen LogP contribution in [-0.4, -0.2) is 33.3 Å². The fourth-order valence-corrected chi connectivity index (χ4v) is 2.09. The van der Waals surface area contributed by atoms with E-state index in [9.17, 15) is 15.0 Å². The highest BCUT2D eigenvalue weighted by atomic mass is 32.1. The van der Waals surface area contributed by atoms with Gasteiger partial charge in [0.1, 0.15) is 6.10 Å². The van der Waals surface area contributed by atoms with Gasteiger partial charge in [0.25, 0.3) is 0 Å². The maximum Gasteiger partial charge on any atom is 0.152 e. The van der Waals surface area contributed by atoms with Crippen LogP contribution in [0.25, 0.3) is 10.9 Å². The number of fused-ring (bicyclic) bond motifs is 1. The van der Waals surface area contributed by atoms with Gasteiger partial charge >= 0.3 is 0 Å². The summed E-state index contributed by atoms with van der Waals surface area (Å²) in [5.74, 6) is 0.151. The van der Waals surface area contributed by atoms with Crippen LogP contribution in [0.5, 0.6) is 0 Å². The van der Waals surface area contributed by atoms with Crippen molar-refractivity contribution in [2.45, 2.75) is 12.2 Å². The van der Waals surface area contributed by atoms with Crippen molar-refractivity contribution in [3.63, 3.8) is 0 Å². The molecule has 0 aliphatic carbocycles. The van der Waals surface area contributed by atoms with Crippen LogP contribution in [0, 0.1) is 0 Å². The van der Waals surface area contributed by atoms with E-state index in [0.29, 0.717) is 16.5 Å². The first-order valence-corrected chi connectivity index (χ1v) is 5.84. The number of carbonyl (C=O) groups excluding carboxylic acids is 1. The quantitative estimate of drug-likeness (QED) is 0.489. The predicted molar refractivity (Wildman–Crippen MR) is 68.5 cm³/mol. The molecule has 0 bridgehead atoms. The van der Waals surface area contributed by atoms with Gasteiger partial charge in [0, 0.05) is 28.4 Å². The Kier molecular flexibility index (Phi) is 3.51. The number of aromatic amines is 1. The molecule has 0 saturated heterocycles. The number of hydrogen-bond donors (Lipinski definition) is 4. The van der Waals surface area contributed by atoms with Crippen LogP contribution in [0.4, 0.5) is 0 Å². The third-order valence-corrected chi connectivity index (χ3v) is 3.14. The molecule has 1 heterocycles. The summed E-state index contributed by atoms with van der Waals surface area (Å²) >= 11 is 3.95. The average molecular weight is 251 g/mol. The summed E-state index contributed by atoms with van der Waals surface area (Å²) in [7, 11) is 0. The number of aromatic nitrogens is 1. The maximum atomic E-state index is 10.9. The van der Waals surface area contributed by atoms with Crippen molar-refractivity contribution < 1.29 is 15.0 Å². The van der Waals surface area contributed by atoms with Crippen molar-refractivity contribution >= 4 is 29.8 Å². The van der Waals surface area contributed by atoms with Crippen LogP contribution in [-0.2, 0) is 0 Å². The van der Waals surface area contributed by atoms with E-state index < -0.39 is 12.2 Å². The van der Waals surface area contributed by atoms with Crippen LogP contribution in [0.1, 0.15) is 22.0 Å². The number of aliphatic hydroxyl groups is 2. The molecule has 0 saturated carbocycles. The van der Waals surface area contributed by atoms with Gasteiger partial charge in [0.2, 0.25) is 0 Å². The number of hydrogen-bond acceptors (Lipinski definition) is 4. The molecular formula is C12H13NO3S. The number of thiol groups is 1. The molecule has 0 amide bonds. The summed E-state index contributed by atoms with van der Waals surface area (Å²) in [6.07, 6.45) is 0.298. The van der Waals surface area contributed by atoms with E-state index in [0.717, 1.165) is 11.8 Å². The first-order chi connectivity index (χ1) is 8.19. The number of H-pyrrole nitrogens is 1. The number of nitrogens with one attached hydrogen (secondary N) is 1. The van der Waals surface area contributed by atoms with Gasteiger partial charge in [-0.2, -0.15) is 12.6 Å². The molecule has 3 N–H and O–H groups in total. The largest absolute Gasteiger partial charge is 0.389 e. The van der Waals surface area contributed by atoms with E-state index in [1.165, 1.54) is 0 Å². The fourth-order valence-electron chi connectivity index (χ4n) is 1.89. The van der Waals surface area contributed by atoms with E-state index in [2.05, 4.69) is 17.6 Å². The molecule has 17 heavy (non-hydrogen) atoms. The molecule has 90 valence electrons. The Morgan fingerprint density at radius 3 is 2.82 bits per heavy atom. The standard InChI is InChI=1S/C12H13NO3S/c14-5-7-4-13-9-3-1-2-8(11(7)9)12(16)10(15)6-17/h1-5,10,12-13,15-17H,6H2. The molecule has 1 aromatic carbocycles. The monoisotopic (exact) mass is 251 g/mol. The lowest BCUT2D eigenvalue weighted by Gasteiger charge is -2.17. The zero-order valence-corrected chi connectivity index (χ0v) is 9.89. The van der Waals surface area contributed by atoms with E-state index in [1.807, 2.05) is 6.07 Å². The zero-order chi connectivity index (χ0) is 12.4. The lowest BCUT2D eigenvalue weighted by atomic mass is 9.99. The molecule has 1 aromatic heterocycles. The fraction of sp³-hybridized carbons (Fsp3) is 0.250. The van der Waals surface area contributed by atoms with Gasteiger partial charge in [0.15, 0.2) is 6.29 Å². The Morgan fingerprint density at radius 1 is 1.41 bits per heavy atom. The first-order valence-electron chi connectivity index (χ1n) is 5.21. The van der Waals surface area contributed by atoms with Gasteiger partial charge in [-0.1, -0.05) is 12.1 Å². The zero-order valence-electron chi connectivity index (χ0n) is 9.00. The van der Waals surface area contributed by atoms with Gasteiger partial charge in [-0.05, 0) is 11.6 Å². The van der Waals surface area contributed by atoms with Gasteiger partial charge in [-0.15, -0.1) is 0 Å². The summed E-state index contributed by atoms with van der Waals surface area (Å²) in [6, 6.07) is 5.27. The summed E-state index contributed by atoms with van der Waals surface area (Å²) in [6.45, 7) is 0. The van der Waals surface area contributed by atoms with E-state index in [-0.39, 0.29) is 5.75 Å². The molecule has 2 unspecified atom stereocenters. The van der Waals surface area contributed by atoms with E-state index in [4.69, 9.17) is 0 Å². The van der Waals surface area contributed by atoms with Gasteiger partial charge < -0.3 is 15.2 Å². The van der Waals surface area contributed by atoms with Crippen LogP contribution < -0.4 is 0 Å². The van der Waals surface area contributed by atoms with Crippen molar-refractivity contribution in [1.82, 2.24) is 4.98 Å². The second-order valence-electron chi connectivity index (χ2n) is 3.83. The molecule has 2 rings (SSSR count). The topological polar surface area (TPSA) is 73.3 Å². The minimum atomic E-state index is -1.05. The van der Waals surface area contributed by atoms with E-state index >= 15 is 0 Å². The second kappa shape index (κ2) is 4.91. The molecule has 0 aliphatic heterocycles. The molecule has 2 aromatic rings. The van der Waals surface area contributed by atoms with Gasteiger partial charge in [0.05, 0.1) is 6.10 Å². The molecule has 5 heteroatoms. The van der Waals surface area contributed by atoms with Crippen molar-refractivity contribution in [2.24, 2.45) is 0 Å². The Bertz CT molecular complexity index is 538. The average Bonchev–Trinajstić information content (AvgIpc) is 2.79. The third-order valence-electron chi connectivity index (χ3n) is 2.77. The molecule has 2 atom stereocenters. The van der Waals surface area contributed by atoms with Crippen molar-refractivity contribution in [1.29, 1.82) is 0 Å². The highest BCUT2D eigenvalue weighted by Crippen LogP contribution is 2.28. The molecule has 0 fully saturated rings. The summed E-state index contributed by atoms with van der Waals surface area (Å²) in [4.78, 5) is 13.9. The summed E-state index contributed by atoms with van der Waals surface area (Å²) < 4.78 is 0. The van der Waals surface area contributed by atoms with Crippen LogP contribution in [0.2, 0.25) is 0 Å². The lowest BCUT2D eigenvalue weighted by molar-refractivity contribution is 0.0347. The van der Waals surface area contributed by atoms with Gasteiger partial charge in [-0.25, -0.2) is 0 Å². The smallest absolute Gasteiger partial charge is 0.152 e. The van der Waals surface area contributed by atoms with E-state index in [1.54, 1.807) is 18.3 Å². The van der Waals surface area contributed by atoms with Crippen molar-refractivity contribution in [3.8, 4) is 0 Å². The molecule has 0 radical (unpaired) electrons.